The zero-order valence-electron chi connectivity index (χ0n) is 13.4. The Hall–Kier alpha value is -1.07. The molecular weight excluding hydrogens is 284 g/mol. The van der Waals surface area contributed by atoms with E-state index in [1.165, 1.54) is 0 Å². The van der Waals surface area contributed by atoms with Gasteiger partial charge >= 0.3 is 0 Å². The molecule has 0 saturated carbocycles. The van der Waals surface area contributed by atoms with E-state index < -0.39 is 10.0 Å². The van der Waals surface area contributed by atoms with Crippen LogP contribution < -0.4 is 5.32 Å². The van der Waals surface area contributed by atoms with E-state index in [0.29, 0.717) is 29.8 Å². The zero-order valence-corrected chi connectivity index (χ0v) is 14.2. The van der Waals surface area contributed by atoms with E-state index in [9.17, 15) is 8.42 Å². The van der Waals surface area contributed by atoms with Gasteiger partial charge in [-0.1, -0.05) is 27.7 Å². The second-order valence-electron chi connectivity index (χ2n) is 6.61. The molecule has 1 aliphatic heterocycles. The van der Waals surface area contributed by atoms with Crippen LogP contribution in [0.1, 0.15) is 33.3 Å². The van der Waals surface area contributed by atoms with Crippen LogP contribution in [0.15, 0.2) is 23.1 Å². The van der Waals surface area contributed by atoms with Crippen LogP contribution in [0.25, 0.3) is 0 Å². The molecule has 0 bridgehead atoms. The minimum Gasteiger partial charge on any atom is -0.384 e. The van der Waals surface area contributed by atoms with Crippen molar-refractivity contribution in [3.05, 3.63) is 23.8 Å². The monoisotopic (exact) mass is 310 g/mol. The predicted molar refractivity (Wildman–Crippen MR) is 87.1 cm³/mol. The number of hydrogen-bond donors (Lipinski definition) is 1. The number of benzene rings is 1. The highest BCUT2D eigenvalue weighted by atomic mass is 32.2. The number of hydrogen-bond acceptors (Lipinski definition) is 3. The summed E-state index contributed by atoms with van der Waals surface area (Å²) in [5.74, 6) is 0.629. The molecular formula is C16H26N2O2S. The first-order valence-corrected chi connectivity index (χ1v) is 9.11. The van der Waals surface area contributed by atoms with E-state index in [4.69, 9.17) is 0 Å². The lowest BCUT2D eigenvalue weighted by Crippen LogP contribution is -2.37. The lowest BCUT2D eigenvalue weighted by atomic mass is 10.2. The smallest absolute Gasteiger partial charge is 0.243 e. The van der Waals surface area contributed by atoms with E-state index in [1.807, 2.05) is 12.1 Å². The largest absolute Gasteiger partial charge is 0.384 e. The van der Waals surface area contributed by atoms with Gasteiger partial charge in [0, 0.05) is 25.3 Å². The maximum absolute atomic E-state index is 12.9. The molecule has 21 heavy (non-hydrogen) atoms. The number of nitrogens with zero attached hydrogens (tertiary/aromatic N) is 1. The molecule has 1 heterocycles. The fraction of sp³-hybridized carbons (Fsp3) is 0.625. The van der Waals surface area contributed by atoms with Gasteiger partial charge in [0.15, 0.2) is 0 Å². The minimum atomic E-state index is -3.41. The molecule has 4 nitrogen and oxygen atoms in total. The second-order valence-corrected chi connectivity index (χ2v) is 8.54. The van der Waals surface area contributed by atoms with Gasteiger partial charge < -0.3 is 5.32 Å². The number of fused-ring (bicyclic) bond motifs is 1. The maximum atomic E-state index is 12.9. The van der Waals surface area contributed by atoms with E-state index in [-0.39, 0.29) is 0 Å². The molecule has 0 radical (unpaired) electrons. The normalized spacial score (nSPS) is 14.8. The Balaban J connectivity index is 2.33. The van der Waals surface area contributed by atoms with Crippen molar-refractivity contribution < 1.29 is 8.42 Å². The third kappa shape index (κ3) is 3.77. The number of anilines is 1. The zero-order chi connectivity index (χ0) is 15.6. The molecule has 0 saturated heterocycles. The summed E-state index contributed by atoms with van der Waals surface area (Å²) in [5.41, 5.74) is 2.17. The van der Waals surface area contributed by atoms with Crippen LogP contribution in [-0.2, 0) is 16.4 Å². The van der Waals surface area contributed by atoms with Crippen molar-refractivity contribution in [2.45, 2.75) is 39.0 Å². The summed E-state index contributed by atoms with van der Waals surface area (Å²) in [7, 11) is -3.41. The lowest BCUT2D eigenvalue weighted by molar-refractivity contribution is 0.333. The van der Waals surface area contributed by atoms with Crippen molar-refractivity contribution in [1.82, 2.24) is 4.31 Å². The number of rotatable bonds is 6. The van der Waals surface area contributed by atoms with Crippen LogP contribution in [0, 0.1) is 11.8 Å². The SMILES string of the molecule is CC(C)CN(CC(C)C)S(=O)(=O)c1ccc2c(c1)CCN2. The summed E-state index contributed by atoms with van der Waals surface area (Å²) in [6, 6.07) is 5.44. The van der Waals surface area contributed by atoms with Crippen LogP contribution in [0.3, 0.4) is 0 Å². The van der Waals surface area contributed by atoms with Crippen molar-refractivity contribution in [2.75, 3.05) is 25.0 Å². The molecule has 5 heteroatoms. The molecule has 0 fully saturated rings. The molecule has 1 aromatic carbocycles. The third-order valence-electron chi connectivity index (χ3n) is 3.56. The van der Waals surface area contributed by atoms with Crippen molar-refractivity contribution in [3.8, 4) is 0 Å². The first-order valence-electron chi connectivity index (χ1n) is 7.67. The number of sulfonamides is 1. The third-order valence-corrected chi connectivity index (χ3v) is 5.39. The van der Waals surface area contributed by atoms with E-state index in [0.717, 1.165) is 24.2 Å². The Morgan fingerprint density at radius 2 is 1.76 bits per heavy atom. The Labute approximate surface area is 128 Å². The summed E-state index contributed by atoms with van der Waals surface area (Å²) in [6.07, 6.45) is 0.896. The standard InChI is InChI=1S/C16H26N2O2S/c1-12(2)10-18(11-13(3)4)21(19,20)15-5-6-16-14(9-15)7-8-17-16/h5-6,9,12-13,17H,7-8,10-11H2,1-4H3. The van der Waals surface area contributed by atoms with Crippen LogP contribution >= 0.6 is 0 Å². The summed E-state index contributed by atoms with van der Waals surface area (Å²) in [5, 5.41) is 3.26. The molecule has 0 aliphatic carbocycles. The van der Waals surface area contributed by atoms with Gasteiger partial charge in [0.25, 0.3) is 0 Å². The molecule has 0 atom stereocenters. The quantitative estimate of drug-likeness (QED) is 0.879. The molecule has 0 aromatic heterocycles. The van der Waals surface area contributed by atoms with Gasteiger partial charge in [0.1, 0.15) is 0 Å². The average molecular weight is 310 g/mol. The fourth-order valence-electron chi connectivity index (χ4n) is 2.68. The molecule has 2 rings (SSSR count). The summed E-state index contributed by atoms with van der Waals surface area (Å²) in [4.78, 5) is 0.422. The van der Waals surface area contributed by atoms with Crippen molar-refractivity contribution in [2.24, 2.45) is 11.8 Å². The second kappa shape index (κ2) is 6.36. The van der Waals surface area contributed by atoms with Crippen LogP contribution in [0.4, 0.5) is 5.69 Å². The highest BCUT2D eigenvalue weighted by Crippen LogP contribution is 2.27. The molecule has 0 unspecified atom stereocenters. The Morgan fingerprint density at radius 3 is 2.33 bits per heavy atom. The van der Waals surface area contributed by atoms with Crippen molar-refractivity contribution in [1.29, 1.82) is 0 Å². The topological polar surface area (TPSA) is 49.4 Å². The highest BCUT2D eigenvalue weighted by Gasteiger charge is 2.27. The van der Waals surface area contributed by atoms with Crippen molar-refractivity contribution >= 4 is 15.7 Å². The Morgan fingerprint density at radius 1 is 1.14 bits per heavy atom. The first-order chi connectivity index (χ1) is 9.80. The first kappa shape index (κ1) is 16.3. The molecule has 1 N–H and O–H groups in total. The average Bonchev–Trinajstić information content (AvgIpc) is 2.83. The molecule has 1 aromatic rings. The molecule has 0 amide bonds. The Kier molecular flexibility index (Phi) is 4.94. The van der Waals surface area contributed by atoms with Crippen molar-refractivity contribution in [3.63, 3.8) is 0 Å². The van der Waals surface area contributed by atoms with Gasteiger partial charge in [-0.3, -0.25) is 0 Å². The lowest BCUT2D eigenvalue weighted by Gasteiger charge is -2.25. The maximum Gasteiger partial charge on any atom is 0.243 e. The minimum absolute atomic E-state index is 0.314. The van der Waals surface area contributed by atoms with E-state index in [1.54, 1.807) is 10.4 Å². The van der Waals surface area contributed by atoms with Gasteiger partial charge in [-0.25, -0.2) is 8.42 Å². The van der Waals surface area contributed by atoms with E-state index >= 15 is 0 Å². The Bertz CT molecular complexity index is 584. The predicted octanol–water partition coefficient (Wildman–Crippen LogP) is 2.96. The fourth-order valence-corrected chi connectivity index (χ4v) is 4.49. The van der Waals surface area contributed by atoms with Crippen LogP contribution in [0.5, 0.6) is 0 Å². The van der Waals surface area contributed by atoms with Gasteiger partial charge in [0.2, 0.25) is 10.0 Å². The van der Waals surface area contributed by atoms with Crippen LogP contribution in [0.2, 0.25) is 0 Å². The van der Waals surface area contributed by atoms with Gasteiger partial charge in [0.05, 0.1) is 4.90 Å². The highest BCUT2D eigenvalue weighted by molar-refractivity contribution is 7.89. The number of nitrogens with one attached hydrogen (secondary N) is 1. The summed E-state index contributed by atoms with van der Waals surface area (Å²) in [6.45, 7) is 10.2. The summed E-state index contributed by atoms with van der Waals surface area (Å²) < 4.78 is 27.4. The molecule has 1 aliphatic rings. The van der Waals surface area contributed by atoms with Gasteiger partial charge in [-0.2, -0.15) is 4.31 Å². The van der Waals surface area contributed by atoms with E-state index in [2.05, 4.69) is 33.0 Å². The van der Waals surface area contributed by atoms with Gasteiger partial charge in [-0.15, -0.1) is 0 Å². The molecule has 0 spiro atoms. The van der Waals surface area contributed by atoms with Crippen LogP contribution in [-0.4, -0.2) is 32.4 Å². The summed E-state index contributed by atoms with van der Waals surface area (Å²) >= 11 is 0. The molecule has 118 valence electrons. The van der Waals surface area contributed by atoms with Gasteiger partial charge in [-0.05, 0) is 42.0 Å².